The summed E-state index contributed by atoms with van der Waals surface area (Å²) in [6, 6.07) is 4.26. The topological polar surface area (TPSA) is 56.7 Å². The molecule has 0 aliphatic carbocycles. The van der Waals surface area contributed by atoms with Crippen LogP contribution in [0.3, 0.4) is 0 Å². The molecule has 17 heavy (non-hydrogen) atoms. The van der Waals surface area contributed by atoms with E-state index in [1.54, 1.807) is 6.20 Å². The Morgan fingerprint density at radius 1 is 1.53 bits per heavy atom. The van der Waals surface area contributed by atoms with Gasteiger partial charge in [-0.2, -0.15) is 11.8 Å². The van der Waals surface area contributed by atoms with Crippen molar-refractivity contribution in [3.63, 3.8) is 0 Å². The van der Waals surface area contributed by atoms with Gasteiger partial charge in [0.05, 0.1) is 18.2 Å². The molecule has 5 heteroatoms. The number of nitrogens with two attached hydrogens (primary N) is 1. The summed E-state index contributed by atoms with van der Waals surface area (Å²) in [6.07, 6.45) is 7.49. The SMILES string of the molecule is CSCC(C)n1cncc1-c1cccnc1N. The molecule has 2 rings (SSSR count). The Bertz CT molecular complexity index is 495. The monoisotopic (exact) mass is 248 g/mol. The fraction of sp³-hybridized carbons (Fsp3) is 0.333. The lowest BCUT2D eigenvalue weighted by atomic mass is 10.2. The van der Waals surface area contributed by atoms with Crippen LogP contribution >= 0.6 is 11.8 Å². The molecule has 0 saturated heterocycles. The molecule has 0 aliphatic heterocycles. The summed E-state index contributed by atoms with van der Waals surface area (Å²) in [5.74, 6) is 1.59. The van der Waals surface area contributed by atoms with Crippen molar-refractivity contribution in [3.8, 4) is 11.3 Å². The molecule has 90 valence electrons. The van der Waals surface area contributed by atoms with Gasteiger partial charge < -0.3 is 10.3 Å². The van der Waals surface area contributed by atoms with E-state index in [2.05, 4.69) is 27.7 Å². The molecule has 1 atom stereocenters. The van der Waals surface area contributed by atoms with Crippen LogP contribution in [0.5, 0.6) is 0 Å². The van der Waals surface area contributed by atoms with Crippen LogP contribution in [-0.2, 0) is 0 Å². The van der Waals surface area contributed by atoms with E-state index in [-0.39, 0.29) is 0 Å². The summed E-state index contributed by atoms with van der Waals surface area (Å²) in [5, 5.41) is 0. The molecule has 0 bridgehead atoms. The summed E-state index contributed by atoms with van der Waals surface area (Å²) in [6.45, 7) is 2.17. The Hall–Kier alpha value is -1.49. The number of rotatable bonds is 4. The molecule has 2 heterocycles. The quantitative estimate of drug-likeness (QED) is 0.903. The molecule has 1 unspecified atom stereocenters. The molecule has 0 aliphatic rings. The highest BCUT2D eigenvalue weighted by atomic mass is 32.2. The van der Waals surface area contributed by atoms with Gasteiger partial charge in [-0.25, -0.2) is 9.97 Å². The Labute approximate surface area is 105 Å². The lowest BCUT2D eigenvalue weighted by Crippen LogP contribution is -2.08. The third-order valence-corrected chi connectivity index (χ3v) is 3.48. The third-order valence-electron chi connectivity index (χ3n) is 2.66. The number of imidazole rings is 1. The highest BCUT2D eigenvalue weighted by molar-refractivity contribution is 7.98. The number of hydrogen-bond donors (Lipinski definition) is 1. The van der Waals surface area contributed by atoms with E-state index in [4.69, 9.17) is 5.73 Å². The van der Waals surface area contributed by atoms with Gasteiger partial charge in [-0.1, -0.05) is 0 Å². The van der Waals surface area contributed by atoms with Crippen molar-refractivity contribution in [1.29, 1.82) is 0 Å². The van der Waals surface area contributed by atoms with Crippen molar-refractivity contribution in [2.75, 3.05) is 17.7 Å². The standard InChI is InChI=1S/C12H16N4S/c1-9(7-17-2)16-8-14-6-11(16)10-4-3-5-15-12(10)13/h3-6,8-9H,7H2,1-2H3,(H2,13,15). The Morgan fingerprint density at radius 3 is 3.06 bits per heavy atom. The van der Waals surface area contributed by atoms with Crippen LogP contribution in [0.4, 0.5) is 5.82 Å². The molecule has 2 aromatic heterocycles. The molecular weight excluding hydrogens is 232 g/mol. The second kappa shape index (κ2) is 5.23. The van der Waals surface area contributed by atoms with E-state index in [9.17, 15) is 0 Å². The molecule has 0 spiro atoms. The molecule has 0 aromatic carbocycles. The van der Waals surface area contributed by atoms with Gasteiger partial charge in [0.15, 0.2) is 0 Å². The van der Waals surface area contributed by atoms with Gasteiger partial charge in [-0.15, -0.1) is 0 Å². The van der Waals surface area contributed by atoms with Crippen LogP contribution in [0.2, 0.25) is 0 Å². The fourth-order valence-electron chi connectivity index (χ4n) is 1.82. The van der Waals surface area contributed by atoms with E-state index in [0.717, 1.165) is 17.0 Å². The van der Waals surface area contributed by atoms with E-state index < -0.39 is 0 Å². The highest BCUT2D eigenvalue weighted by Crippen LogP contribution is 2.26. The van der Waals surface area contributed by atoms with Crippen molar-refractivity contribution in [1.82, 2.24) is 14.5 Å². The first kappa shape index (κ1) is 12.0. The molecule has 2 aromatic rings. The first-order chi connectivity index (χ1) is 8.24. The van der Waals surface area contributed by atoms with Crippen LogP contribution < -0.4 is 5.73 Å². The van der Waals surface area contributed by atoms with Gasteiger partial charge in [0.1, 0.15) is 5.82 Å². The van der Waals surface area contributed by atoms with Gasteiger partial charge in [0, 0.05) is 23.6 Å². The number of nitrogens with zero attached hydrogens (tertiary/aromatic N) is 3. The molecule has 0 fully saturated rings. The van der Waals surface area contributed by atoms with Crippen LogP contribution in [0.1, 0.15) is 13.0 Å². The van der Waals surface area contributed by atoms with E-state index in [1.807, 2.05) is 36.4 Å². The first-order valence-electron chi connectivity index (χ1n) is 5.45. The second-order valence-corrected chi connectivity index (χ2v) is 4.84. The van der Waals surface area contributed by atoms with Gasteiger partial charge in [-0.3, -0.25) is 0 Å². The third kappa shape index (κ3) is 2.44. The molecule has 4 nitrogen and oxygen atoms in total. The van der Waals surface area contributed by atoms with Crippen molar-refractivity contribution in [3.05, 3.63) is 30.9 Å². The smallest absolute Gasteiger partial charge is 0.132 e. The number of hydrogen-bond acceptors (Lipinski definition) is 4. The Balaban J connectivity index is 2.40. The fourth-order valence-corrected chi connectivity index (χ4v) is 2.46. The van der Waals surface area contributed by atoms with Gasteiger partial charge in [0.2, 0.25) is 0 Å². The number of nitrogen functional groups attached to an aromatic ring is 1. The normalized spacial score (nSPS) is 12.6. The van der Waals surface area contributed by atoms with Crippen LogP contribution in [0, 0.1) is 0 Å². The summed E-state index contributed by atoms with van der Waals surface area (Å²) < 4.78 is 2.14. The maximum absolute atomic E-state index is 5.90. The van der Waals surface area contributed by atoms with Crippen molar-refractivity contribution in [2.24, 2.45) is 0 Å². The predicted octanol–water partition coefficient (Wildman–Crippen LogP) is 2.45. The van der Waals surface area contributed by atoms with E-state index in [1.165, 1.54) is 0 Å². The summed E-state index contributed by atoms with van der Waals surface area (Å²) in [5.41, 5.74) is 7.87. The number of pyridine rings is 1. The van der Waals surface area contributed by atoms with Gasteiger partial charge in [0.25, 0.3) is 0 Å². The lowest BCUT2D eigenvalue weighted by molar-refractivity contribution is 0.615. The zero-order chi connectivity index (χ0) is 12.3. The largest absolute Gasteiger partial charge is 0.383 e. The molecular formula is C12H16N4S. The van der Waals surface area contributed by atoms with E-state index in [0.29, 0.717) is 11.9 Å². The minimum atomic E-state index is 0.391. The van der Waals surface area contributed by atoms with Crippen molar-refractivity contribution < 1.29 is 0 Å². The minimum Gasteiger partial charge on any atom is -0.383 e. The Morgan fingerprint density at radius 2 is 2.35 bits per heavy atom. The van der Waals surface area contributed by atoms with Crippen molar-refractivity contribution >= 4 is 17.6 Å². The Kier molecular flexibility index (Phi) is 3.68. The summed E-state index contributed by atoms with van der Waals surface area (Å²) in [4.78, 5) is 8.33. The maximum Gasteiger partial charge on any atom is 0.132 e. The average Bonchev–Trinajstić information content (AvgIpc) is 2.79. The first-order valence-corrected chi connectivity index (χ1v) is 6.85. The predicted molar refractivity (Wildman–Crippen MR) is 73.0 cm³/mol. The van der Waals surface area contributed by atoms with Gasteiger partial charge in [-0.05, 0) is 25.3 Å². The van der Waals surface area contributed by atoms with Crippen LogP contribution in [0.25, 0.3) is 11.3 Å². The van der Waals surface area contributed by atoms with Crippen molar-refractivity contribution in [2.45, 2.75) is 13.0 Å². The maximum atomic E-state index is 5.90. The van der Waals surface area contributed by atoms with Gasteiger partial charge >= 0.3 is 0 Å². The number of aromatic nitrogens is 3. The lowest BCUT2D eigenvalue weighted by Gasteiger charge is -2.16. The summed E-state index contributed by atoms with van der Waals surface area (Å²) >= 11 is 1.82. The zero-order valence-electron chi connectivity index (χ0n) is 10.00. The van der Waals surface area contributed by atoms with Crippen LogP contribution in [0.15, 0.2) is 30.9 Å². The molecule has 2 N–H and O–H groups in total. The summed E-state index contributed by atoms with van der Waals surface area (Å²) in [7, 11) is 0. The number of thioether (sulfide) groups is 1. The second-order valence-electron chi connectivity index (χ2n) is 3.93. The highest BCUT2D eigenvalue weighted by Gasteiger charge is 2.12. The minimum absolute atomic E-state index is 0.391. The van der Waals surface area contributed by atoms with Crippen LogP contribution in [-0.4, -0.2) is 26.5 Å². The molecule has 0 amide bonds. The number of anilines is 1. The van der Waals surface area contributed by atoms with E-state index >= 15 is 0 Å². The zero-order valence-corrected chi connectivity index (χ0v) is 10.8. The molecule has 0 saturated carbocycles. The molecule has 0 radical (unpaired) electrons. The average molecular weight is 248 g/mol.